The summed E-state index contributed by atoms with van der Waals surface area (Å²) in [6.07, 6.45) is 10.1. The average molecular weight is 440 g/mol. The molecule has 32 heavy (non-hydrogen) atoms. The lowest BCUT2D eigenvalue weighted by Gasteiger charge is -2.27. The number of benzene rings is 1. The van der Waals surface area contributed by atoms with Gasteiger partial charge in [-0.2, -0.15) is 4.98 Å². The van der Waals surface area contributed by atoms with E-state index in [0.29, 0.717) is 37.7 Å². The largest absolute Gasteiger partial charge is 0.486 e. The summed E-state index contributed by atoms with van der Waals surface area (Å²) in [6, 6.07) is 6.34. The van der Waals surface area contributed by atoms with E-state index in [-0.39, 0.29) is 6.10 Å². The molecule has 1 atom stereocenters. The molecule has 3 aliphatic rings. The lowest BCUT2D eigenvalue weighted by atomic mass is 9.87. The number of hydrogen-bond acceptors (Lipinski definition) is 7. The molecule has 3 heterocycles. The second kappa shape index (κ2) is 9.94. The van der Waals surface area contributed by atoms with Gasteiger partial charge in [0, 0.05) is 18.8 Å². The highest BCUT2D eigenvalue weighted by atomic mass is 16.6. The maximum Gasteiger partial charge on any atom is 0.226 e. The lowest BCUT2D eigenvalue weighted by molar-refractivity contribution is -0.0118. The standard InChI is InChI=1S/C25H33N3O4/c1-17-5-8-19(9-6-17)27-25-26-15-21(18-7-10-22-23(14-18)31-13-12-30-22)24(28-25)32-16-20-4-2-3-11-29-20/h7,10,14-15,17,19-20H,2-6,8-9,11-13,16H2,1H3,(H,26,27,28)/t17-,19-,20?. The van der Waals surface area contributed by atoms with Crippen LogP contribution in [0.15, 0.2) is 24.4 Å². The van der Waals surface area contributed by atoms with Gasteiger partial charge in [-0.05, 0) is 68.6 Å². The minimum atomic E-state index is 0.114. The number of nitrogens with zero attached hydrogens (tertiary/aromatic N) is 2. The summed E-state index contributed by atoms with van der Waals surface area (Å²) in [5.74, 6) is 3.53. The van der Waals surface area contributed by atoms with Gasteiger partial charge in [-0.1, -0.05) is 13.0 Å². The fourth-order valence-electron chi connectivity index (χ4n) is 4.65. The third kappa shape index (κ3) is 5.09. The molecule has 2 aliphatic heterocycles. The Balaban J connectivity index is 1.38. The summed E-state index contributed by atoms with van der Waals surface area (Å²) < 4.78 is 23.5. The quantitative estimate of drug-likeness (QED) is 0.689. The van der Waals surface area contributed by atoms with E-state index in [9.17, 15) is 0 Å². The van der Waals surface area contributed by atoms with Gasteiger partial charge in [0.2, 0.25) is 11.8 Å². The van der Waals surface area contributed by atoms with E-state index in [0.717, 1.165) is 60.8 Å². The molecule has 172 valence electrons. The monoisotopic (exact) mass is 439 g/mol. The zero-order chi connectivity index (χ0) is 21.8. The average Bonchev–Trinajstić information content (AvgIpc) is 2.85. The van der Waals surface area contributed by atoms with Crippen molar-refractivity contribution in [2.24, 2.45) is 5.92 Å². The van der Waals surface area contributed by atoms with Crippen molar-refractivity contribution in [1.82, 2.24) is 9.97 Å². The summed E-state index contributed by atoms with van der Waals surface area (Å²) in [4.78, 5) is 9.42. The number of nitrogens with one attached hydrogen (secondary N) is 1. The van der Waals surface area contributed by atoms with Gasteiger partial charge in [0.1, 0.15) is 19.8 Å². The highest BCUT2D eigenvalue weighted by molar-refractivity contribution is 5.71. The van der Waals surface area contributed by atoms with Crippen LogP contribution in [0, 0.1) is 5.92 Å². The van der Waals surface area contributed by atoms with Crippen molar-refractivity contribution in [1.29, 1.82) is 0 Å². The summed E-state index contributed by atoms with van der Waals surface area (Å²) in [7, 11) is 0. The van der Waals surface area contributed by atoms with Crippen molar-refractivity contribution < 1.29 is 18.9 Å². The van der Waals surface area contributed by atoms with Gasteiger partial charge in [0.15, 0.2) is 11.5 Å². The molecule has 1 unspecified atom stereocenters. The van der Waals surface area contributed by atoms with Crippen LogP contribution < -0.4 is 19.5 Å². The SMILES string of the molecule is C[C@H]1CC[C@H](Nc2ncc(-c3ccc4c(c3)OCCO4)c(OCC3CCCCO3)n2)CC1. The predicted octanol–water partition coefficient (Wildman–Crippen LogP) is 4.85. The third-order valence-corrected chi connectivity index (χ3v) is 6.64. The van der Waals surface area contributed by atoms with Gasteiger partial charge in [0.05, 0.1) is 11.7 Å². The Hall–Kier alpha value is -2.54. The Bertz CT molecular complexity index is 908. The number of anilines is 1. The fourth-order valence-corrected chi connectivity index (χ4v) is 4.65. The Morgan fingerprint density at radius 3 is 2.66 bits per heavy atom. The van der Waals surface area contributed by atoms with Crippen LogP contribution in [-0.4, -0.2) is 48.5 Å². The van der Waals surface area contributed by atoms with Gasteiger partial charge >= 0.3 is 0 Å². The van der Waals surface area contributed by atoms with Gasteiger partial charge in [-0.3, -0.25) is 0 Å². The predicted molar refractivity (Wildman–Crippen MR) is 123 cm³/mol. The van der Waals surface area contributed by atoms with E-state index >= 15 is 0 Å². The van der Waals surface area contributed by atoms with Crippen LogP contribution in [-0.2, 0) is 4.74 Å². The highest BCUT2D eigenvalue weighted by Gasteiger charge is 2.22. The maximum absolute atomic E-state index is 6.23. The molecule has 1 aromatic carbocycles. The van der Waals surface area contributed by atoms with Crippen LogP contribution >= 0.6 is 0 Å². The number of ether oxygens (including phenoxy) is 4. The molecule has 5 rings (SSSR count). The number of aromatic nitrogens is 2. The normalized spacial score (nSPS) is 25.2. The van der Waals surface area contributed by atoms with Crippen molar-refractivity contribution in [2.45, 2.75) is 64.0 Å². The van der Waals surface area contributed by atoms with Gasteiger partial charge in [-0.25, -0.2) is 4.98 Å². The number of fused-ring (bicyclic) bond motifs is 1. The second-order valence-electron chi connectivity index (χ2n) is 9.17. The first-order valence-electron chi connectivity index (χ1n) is 12.0. The lowest BCUT2D eigenvalue weighted by Crippen LogP contribution is -2.27. The molecule has 1 aliphatic carbocycles. The molecule has 1 saturated carbocycles. The van der Waals surface area contributed by atoms with Crippen molar-refractivity contribution in [2.75, 3.05) is 31.7 Å². The van der Waals surface area contributed by atoms with E-state index in [1.54, 1.807) is 0 Å². The van der Waals surface area contributed by atoms with Crippen molar-refractivity contribution in [3.05, 3.63) is 24.4 Å². The highest BCUT2D eigenvalue weighted by Crippen LogP contribution is 2.37. The molecule has 2 aromatic rings. The van der Waals surface area contributed by atoms with Crippen LogP contribution in [0.5, 0.6) is 17.4 Å². The molecule has 0 radical (unpaired) electrons. The van der Waals surface area contributed by atoms with Crippen molar-refractivity contribution >= 4 is 5.95 Å². The smallest absolute Gasteiger partial charge is 0.226 e. The number of hydrogen-bond donors (Lipinski definition) is 1. The van der Waals surface area contributed by atoms with Crippen LogP contribution in [0.2, 0.25) is 0 Å². The molecule has 1 saturated heterocycles. The molecule has 0 amide bonds. The number of rotatable bonds is 6. The molecule has 7 heteroatoms. The molecule has 2 fully saturated rings. The summed E-state index contributed by atoms with van der Waals surface area (Å²) in [6.45, 7) is 4.76. The van der Waals surface area contributed by atoms with Gasteiger partial charge in [0.25, 0.3) is 0 Å². The minimum absolute atomic E-state index is 0.114. The molecule has 1 aromatic heterocycles. The van der Waals surface area contributed by atoms with Crippen molar-refractivity contribution in [3.8, 4) is 28.5 Å². The summed E-state index contributed by atoms with van der Waals surface area (Å²) >= 11 is 0. The molecule has 7 nitrogen and oxygen atoms in total. The van der Waals surface area contributed by atoms with Crippen molar-refractivity contribution in [3.63, 3.8) is 0 Å². The van der Waals surface area contributed by atoms with E-state index in [4.69, 9.17) is 23.9 Å². The topological polar surface area (TPSA) is 74.7 Å². The van der Waals surface area contributed by atoms with E-state index in [2.05, 4.69) is 17.2 Å². The van der Waals surface area contributed by atoms with Crippen LogP contribution in [0.4, 0.5) is 5.95 Å². The van der Waals surface area contributed by atoms with Gasteiger partial charge < -0.3 is 24.3 Å². The molecule has 0 bridgehead atoms. The first-order chi connectivity index (χ1) is 15.7. The molecule has 0 spiro atoms. The Labute approximate surface area is 189 Å². The first-order valence-corrected chi connectivity index (χ1v) is 12.0. The Morgan fingerprint density at radius 2 is 1.84 bits per heavy atom. The van der Waals surface area contributed by atoms with Gasteiger partial charge in [-0.15, -0.1) is 0 Å². The molecular weight excluding hydrogens is 406 g/mol. The van der Waals surface area contributed by atoms with E-state index < -0.39 is 0 Å². The minimum Gasteiger partial charge on any atom is -0.486 e. The molecular formula is C25H33N3O4. The Kier molecular flexibility index (Phi) is 6.62. The zero-order valence-corrected chi connectivity index (χ0v) is 18.8. The van der Waals surface area contributed by atoms with E-state index in [1.165, 1.54) is 19.3 Å². The maximum atomic E-state index is 6.23. The Morgan fingerprint density at radius 1 is 1.00 bits per heavy atom. The van der Waals surface area contributed by atoms with E-state index in [1.807, 2.05) is 24.4 Å². The van der Waals surface area contributed by atoms with Crippen LogP contribution in [0.1, 0.15) is 51.9 Å². The summed E-state index contributed by atoms with van der Waals surface area (Å²) in [5.41, 5.74) is 1.80. The third-order valence-electron chi connectivity index (χ3n) is 6.64. The zero-order valence-electron chi connectivity index (χ0n) is 18.8. The van der Waals surface area contributed by atoms with Crippen LogP contribution in [0.25, 0.3) is 11.1 Å². The first kappa shape index (κ1) is 21.3. The second-order valence-corrected chi connectivity index (χ2v) is 9.17. The fraction of sp³-hybridized carbons (Fsp3) is 0.600. The summed E-state index contributed by atoms with van der Waals surface area (Å²) in [5, 5.41) is 3.53. The van der Waals surface area contributed by atoms with Crippen LogP contribution in [0.3, 0.4) is 0 Å². The molecule has 1 N–H and O–H groups in total.